The molecule has 0 bridgehead atoms. The molecule has 0 heterocycles. The van der Waals surface area contributed by atoms with Crippen molar-refractivity contribution in [2.45, 2.75) is 38.1 Å². The fourth-order valence-corrected chi connectivity index (χ4v) is 2.61. The molecule has 0 saturated heterocycles. The van der Waals surface area contributed by atoms with Crippen molar-refractivity contribution in [3.05, 3.63) is 0 Å². The molecule has 0 aliphatic heterocycles. The Morgan fingerprint density at radius 2 is 2.17 bits per heavy atom. The number of aliphatic hydroxyl groups excluding tert-OH is 1. The molecule has 1 rings (SSSR count). The van der Waals surface area contributed by atoms with Crippen LogP contribution >= 0.6 is 0 Å². The third kappa shape index (κ3) is 4.84. The highest BCUT2D eigenvalue weighted by molar-refractivity contribution is 5.02. The molecule has 1 aliphatic carbocycles. The van der Waals surface area contributed by atoms with E-state index in [4.69, 9.17) is 4.74 Å². The van der Waals surface area contributed by atoms with Crippen LogP contribution in [0.2, 0.25) is 0 Å². The topological polar surface area (TPSA) is 44.7 Å². The minimum atomic E-state index is -0.0855. The van der Waals surface area contributed by atoms with Gasteiger partial charge in [-0.2, -0.15) is 0 Å². The van der Waals surface area contributed by atoms with Gasteiger partial charge in [-0.3, -0.25) is 0 Å². The number of aliphatic hydroxyl groups is 1. The Morgan fingerprint density at radius 3 is 2.67 bits per heavy atom. The van der Waals surface area contributed by atoms with Crippen LogP contribution < -0.4 is 5.32 Å². The highest BCUT2D eigenvalue weighted by Crippen LogP contribution is 2.40. The molecule has 2 N–H and O–H groups in total. The van der Waals surface area contributed by atoms with Crippen LogP contribution in [-0.2, 0) is 4.74 Å². The van der Waals surface area contributed by atoms with E-state index < -0.39 is 0 Å². The van der Waals surface area contributed by atoms with Crippen molar-refractivity contribution in [2.24, 2.45) is 5.92 Å². The Balaban J connectivity index is 2.43. The third-order valence-electron chi connectivity index (χ3n) is 3.81. The Kier molecular flexibility index (Phi) is 7.15. The molecule has 1 fully saturated rings. The number of hydrogen-bond acceptors (Lipinski definition) is 4. The normalized spacial score (nSPS) is 19.2. The maximum Gasteiger partial charge on any atom is 0.0628 e. The summed E-state index contributed by atoms with van der Waals surface area (Å²) in [6.45, 7) is 6.16. The molecular weight excluding hydrogens is 228 g/mol. The number of nitrogens with zero attached hydrogens (tertiary/aromatic N) is 1. The number of nitrogens with one attached hydrogen (secondary N) is 1. The molecule has 0 amide bonds. The largest absolute Gasteiger partial charge is 0.394 e. The number of methoxy groups -OCH3 is 1. The van der Waals surface area contributed by atoms with E-state index in [1.165, 1.54) is 12.8 Å². The first-order valence-corrected chi connectivity index (χ1v) is 7.22. The quantitative estimate of drug-likeness (QED) is 0.545. The molecule has 1 saturated carbocycles. The molecule has 0 radical (unpaired) electrons. The van der Waals surface area contributed by atoms with E-state index in [9.17, 15) is 5.11 Å². The molecule has 0 aromatic carbocycles. The van der Waals surface area contributed by atoms with Gasteiger partial charge in [-0.25, -0.2) is 0 Å². The predicted molar refractivity (Wildman–Crippen MR) is 74.8 cm³/mol. The second-order valence-corrected chi connectivity index (χ2v) is 5.60. The lowest BCUT2D eigenvalue weighted by Crippen LogP contribution is -2.57. The fraction of sp³-hybridized carbons (Fsp3) is 1.00. The van der Waals surface area contributed by atoms with Crippen LogP contribution in [0.15, 0.2) is 0 Å². The van der Waals surface area contributed by atoms with Gasteiger partial charge >= 0.3 is 0 Å². The van der Waals surface area contributed by atoms with Gasteiger partial charge in [-0.1, -0.05) is 6.92 Å². The molecule has 1 unspecified atom stereocenters. The average Bonchev–Trinajstić information content (AvgIpc) is 3.19. The highest BCUT2D eigenvalue weighted by Gasteiger charge is 2.44. The fourth-order valence-electron chi connectivity index (χ4n) is 2.61. The van der Waals surface area contributed by atoms with Crippen molar-refractivity contribution < 1.29 is 9.84 Å². The summed E-state index contributed by atoms with van der Waals surface area (Å²) in [5.74, 6) is 0.652. The average molecular weight is 258 g/mol. The molecule has 0 spiro atoms. The minimum Gasteiger partial charge on any atom is -0.394 e. The van der Waals surface area contributed by atoms with Crippen molar-refractivity contribution in [1.82, 2.24) is 10.2 Å². The standard InChI is InChI=1S/C14H30N2O2/c1-4-8-15-14(12-17,13-6-7-13)11-16(2)9-5-10-18-3/h13,15,17H,4-12H2,1-3H3. The summed E-state index contributed by atoms with van der Waals surface area (Å²) in [6.07, 6.45) is 4.67. The van der Waals surface area contributed by atoms with Crippen molar-refractivity contribution in [3.63, 3.8) is 0 Å². The van der Waals surface area contributed by atoms with Crippen molar-refractivity contribution in [1.29, 1.82) is 0 Å². The maximum absolute atomic E-state index is 9.82. The summed E-state index contributed by atoms with van der Waals surface area (Å²) < 4.78 is 5.08. The van der Waals surface area contributed by atoms with Gasteiger partial charge in [0.05, 0.1) is 12.1 Å². The molecule has 1 atom stereocenters. The molecule has 18 heavy (non-hydrogen) atoms. The van der Waals surface area contributed by atoms with Crippen LogP contribution in [0.3, 0.4) is 0 Å². The first-order chi connectivity index (χ1) is 8.68. The van der Waals surface area contributed by atoms with E-state index in [1.54, 1.807) is 7.11 Å². The van der Waals surface area contributed by atoms with Crippen molar-refractivity contribution in [2.75, 3.05) is 47.0 Å². The monoisotopic (exact) mass is 258 g/mol. The van der Waals surface area contributed by atoms with Gasteiger partial charge in [0.25, 0.3) is 0 Å². The summed E-state index contributed by atoms with van der Waals surface area (Å²) in [7, 11) is 3.88. The van der Waals surface area contributed by atoms with Crippen LogP contribution in [0.5, 0.6) is 0 Å². The summed E-state index contributed by atoms with van der Waals surface area (Å²) >= 11 is 0. The first kappa shape index (κ1) is 15.9. The van der Waals surface area contributed by atoms with E-state index >= 15 is 0 Å². The van der Waals surface area contributed by atoms with E-state index in [-0.39, 0.29) is 12.1 Å². The molecule has 0 aromatic rings. The van der Waals surface area contributed by atoms with Gasteiger partial charge in [0.2, 0.25) is 0 Å². The van der Waals surface area contributed by atoms with E-state index in [0.717, 1.165) is 39.1 Å². The van der Waals surface area contributed by atoms with Crippen molar-refractivity contribution in [3.8, 4) is 0 Å². The van der Waals surface area contributed by atoms with Crippen LogP contribution in [0.4, 0.5) is 0 Å². The number of hydrogen-bond donors (Lipinski definition) is 2. The van der Waals surface area contributed by atoms with Crippen LogP contribution in [0.25, 0.3) is 0 Å². The molecule has 0 aromatic heterocycles. The van der Waals surface area contributed by atoms with Crippen LogP contribution in [-0.4, -0.2) is 62.6 Å². The summed E-state index contributed by atoms with van der Waals surface area (Å²) in [4.78, 5) is 2.32. The summed E-state index contributed by atoms with van der Waals surface area (Å²) in [5.41, 5.74) is -0.0855. The van der Waals surface area contributed by atoms with E-state index in [0.29, 0.717) is 5.92 Å². The zero-order valence-corrected chi connectivity index (χ0v) is 12.2. The zero-order chi connectivity index (χ0) is 13.4. The molecule has 108 valence electrons. The Bertz CT molecular complexity index is 222. The smallest absolute Gasteiger partial charge is 0.0628 e. The second-order valence-electron chi connectivity index (χ2n) is 5.60. The highest BCUT2D eigenvalue weighted by atomic mass is 16.5. The molecule has 1 aliphatic rings. The Morgan fingerprint density at radius 1 is 1.44 bits per heavy atom. The lowest BCUT2D eigenvalue weighted by molar-refractivity contribution is 0.0956. The molecular formula is C14H30N2O2. The summed E-state index contributed by atoms with van der Waals surface area (Å²) in [5, 5.41) is 13.4. The van der Waals surface area contributed by atoms with E-state index in [1.807, 2.05) is 0 Å². The molecule has 4 nitrogen and oxygen atoms in total. The second kappa shape index (κ2) is 8.10. The Labute approximate surface area is 112 Å². The number of rotatable bonds is 11. The van der Waals surface area contributed by atoms with Gasteiger partial charge in [-0.05, 0) is 45.2 Å². The summed E-state index contributed by atoms with van der Waals surface area (Å²) in [6, 6.07) is 0. The third-order valence-corrected chi connectivity index (χ3v) is 3.81. The van der Waals surface area contributed by atoms with Crippen LogP contribution in [0, 0.1) is 5.92 Å². The number of ether oxygens (including phenoxy) is 1. The zero-order valence-electron chi connectivity index (χ0n) is 12.2. The SMILES string of the molecule is CCCNC(CO)(CN(C)CCCOC)C1CC1. The van der Waals surface area contributed by atoms with Gasteiger partial charge < -0.3 is 20.1 Å². The Hall–Kier alpha value is -0.160. The minimum absolute atomic E-state index is 0.0855. The first-order valence-electron chi connectivity index (χ1n) is 7.22. The van der Waals surface area contributed by atoms with Gasteiger partial charge in [-0.15, -0.1) is 0 Å². The lowest BCUT2D eigenvalue weighted by Gasteiger charge is -2.37. The van der Waals surface area contributed by atoms with E-state index in [2.05, 4.69) is 24.2 Å². The number of likely N-dealkylation sites (N-methyl/N-ethyl adjacent to an activating group) is 1. The maximum atomic E-state index is 9.82. The van der Waals surface area contributed by atoms with Gasteiger partial charge in [0.15, 0.2) is 0 Å². The van der Waals surface area contributed by atoms with Gasteiger partial charge in [0.1, 0.15) is 0 Å². The predicted octanol–water partition coefficient (Wildman–Crippen LogP) is 1.10. The van der Waals surface area contributed by atoms with Crippen molar-refractivity contribution >= 4 is 0 Å². The molecule has 4 heteroatoms. The van der Waals surface area contributed by atoms with Gasteiger partial charge in [0, 0.05) is 26.8 Å². The lowest BCUT2D eigenvalue weighted by atomic mass is 9.93. The van der Waals surface area contributed by atoms with Crippen LogP contribution in [0.1, 0.15) is 32.6 Å².